The largest absolute Gasteiger partial charge is 1.00 e. The molecular formula is C8H18AlFO2. The first kappa shape index (κ1) is 14.9. The minimum Gasteiger partial charge on any atom is -1.00 e. The molecule has 12 heavy (non-hydrogen) atoms. The van der Waals surface area contributed by atoms with Gasteiger partial charge in [0, 0.05) is 0 Å². The Hall–Kier alpha value is 0.382. The van der Waals surface area contributed by atoms with Gasteiger partial charge in [-0.1, -0.05) is 0 Å². The quantitative estimate of drug-likeness (QED) is 0.369. The summed E-state index contributed by atoms with van der Waals surface area (Å²) < 4.78 is 10.6. The van der Waals surface area contributed by atoms with Gasteiger partial charge in [0.05, 0.1) is 0 Å². The number of unbranched alkanes of at least 4 members (excludes halogenated alkanes) is 2. The second-order valence-corrected chi connectivity index (χ2v) is 3.40. The van der Waals surface area contributed by atoms with Gasteiger partial charge in [-0.3, -0.25) is 0 Å². The first-order chi connectivity index (χ1) is 5.41. The van der Waals surface area contributed by atoms with Crippen LogP contribution in [0.15, 0.2) is 0 Å². The number of hydrogen-bond donors (Lipinski definition) is 0. The molecule has 0 aromatic carbocycles. The molecule has 0 bridgehead atoms. The van der Waals surface area contributed by atoms with Crippen LogP contribution in [0.25, 0.3) is 0 Å². The van der Waals surface area contributed by atoms with Crippen LogP contribution in [0.3, 0.4) is 0 Å². The van der Waals surface area contributed by atoms with Gasteiger partial charge in [-0.15, -0.1) is 0 Å². The van der Waals surface area contributed by atoms with Gasteiger partial charge < -0.3 is 4.70 Å². The SMILES string of the molecule is CCCC[O][Al+][O]CCCC.[F-]. The fraction of sp³-hybridized carbons (Fsp3) is 1.00. The summed E-state index contributed by atoms with van der Waals surface area (Å²) in [6.07, 6.45) is 4.72. The van der Waals surface area contributed by atoms with Crippen molar-refractivity contribution in [3.05, 3.63) is 0 Å². The van der Waals surface area contributed by atoms with E-state index in [-0.39, 0.29) is 20.6 Å². The summed E-state index contributed by atoms with van der Waals surface area (Å²) in [5.74, 6) is 0. The molecule has 0 radical (unpaired) electrons. The molecule has 2 nitrogen and oxygen atoms in total. The van der Waals surface area contributed by atoms with Gasteiger partial charge in [0.1, 0.15) is 0 Å². The Labute approximate surface area is 81.4 Å². The topological polar surface area (TPSA) is 18.5 Å². The van der Waals surface area contributed by atoms with E-state index in [0.29, 0.717) is 0 Å². The van der Waals surface area contributed by atoms with Gasteiger partial charge in [0.2, 0.25) is 0 Å². The molecule has 0 fully saturated rings. The Morgan fingerprint density at radius 3 is 1.67 bits per heavy atom. The molecule has 0 saturated heterocycles. The van der Waals surface area contributed by atoms with Crippen molar-refractivity contribution in [1.29, 1.82) is 0 Å². The molecule has 0 amide bonds. The molecule has 0 N–H and O–H groups in total. The number of rotatable bonds is 8. The molecule has 0 unspecified atom stereocenters. The first-order valence-corrected chi connectivity index (χ1v) is 5.41. The second-order valence-electron chi connectivity index (χ2n) is 2.54. The minimum atomic E-state index is -0.189. The standard InChI is InChI=1S/2C4H9O.Al.FH/c2*1-2-3-4-5;;/h2*2-4H2,1H3;;1H/q2*-1;+3;/p-1. The van der Waals surface area contributed by atoms with Crippen molar-refractivity contribution in [2.45, 2.75) is 39.5 Å². The van der Waals surface area contributed by atoms with Crippen LogP contribution in [0.4, 0.5) is 0 Å². The zero-order chi connectivity index (χ0) is 8.36. The predicted molar refractivity (Wildman–Crippen MR) is 47.5 cm³/mol. The molecule has 0 rings (SSSR count). The van der Waals surface area contributed by atoms with Crippen LogP contribution in [0.2, 0.25) is 0 Å². The van der Waals surface area contributed by atoms with Gasteiger partial charge in [-0.2, -0.15) is 0 Å². The van der Waals surface area contributed by atoms with Crippen LogP contribution in [0, 0.1) is 0 Å². The maximum absolute atomic E-state index is 5.28. The van der Waals surface area contributed by atoms with E-state index in [9.17, 15) is 0 Å². The van der Waals surface area contributed by atoms with Crippen molar-refractivity contribution in [1.82, 2.24) is 0 Å². The third kappa shape index (κ3) is 13.0. The summed E-state index contributed by atoms with van der Waals surface area (Å²) >= 11 is -0.189. The van der Waals surface area contributed by atoms with E-state index < -0.39 is 0 Å². The Balaban J connectivity index is 0. The molecule has 0 spiro atoms. The van der Waals surface area contributed by atoms with Gasteiger partial charge in [-0.05, 0) is 0 Å². The van der Waals surface area contributed by atoms with Crippen LogP contribution in [0.5, 0.6) is 0 Å². The van der Waals surface area contributed by atoms with Crippen molar-refractivity contribution >= 4 is 15.9 Å². The summed E-state index contributed by atoms with van der Waals surface area (Å²) in [4.78, 5) is 0. The Bertz CT molecular complexity index is 66.1. The second kappa shape index (κ2) is 13.9. The summed E-state index contributed by atoms with van der Waals surface area (Å²) in [7, 11) is 0. The van der Waals surface area contributed by atoms with E-state index >= 15 is 0 Å². The third-order valence-corrected chi connectivity index (χ3v) is 2.11. The molecule has 0 saturated carbocycles. The van der Waals surface area contributed by atoms with E-state index in [1.807, 2.05) is 0 Å². The van der Waals surface area contributed by atoms with Gasteiger partial charge in [-0.25, -0.2) is 0 Å². The van der Waals surface area contributed by atoms with Crippen LogP contribution in [-0.2, 0) is 7.58 Å². The summed E-state index contributed by atoms with van der Waals surface area (Å²) in [5, 5.41) is 0. The van der Waals surface area contributed by atoms with Crippen LogP contribution in [-0.4, -0.2) is 29.1 Å². The maximum atomic E-state index is 5.28. The fourth-order valence-corrected chi connectivity index (χ4v) is 1.22. The van der Waals surface area contributed by atoms with Gasteiger partial charge in [0.25, 0.3) is 0 Å². The molecule has 0 atom stereocenters. The summed E-state index contributed by atoms with van der Waals surface area (Å²) in [5.41, 5.74) is 0. The smallest absolute Gasteiger partial charge is 1.00 e. The summed E-state index contributed by atoms with van der Waals surface area (Å²) in [6, 6.07) is 0. The average molecular weight is 192 g/mol. The third-order valence-electron chi connectivity index (χ3n) is 1.37. The predicted octanol–water partition coefficient (Wildman–Crippen LogP) is -0.842. The molecule has 0 aliphatic heterocycles. The molecule has 0 aromatic heterocycles. The molecule has 72 valence electrons. The maximum Gasteiger partial charge on any atom is -1.00 e. The van der Waals surface area contributed by atoms with E-state index in [0.717, 1.165) is 26.1 Å². The molecular weight excluding hydrogens is 174 g/mol. The fourth-order valence-electron chi connectivity index (χ4n) is 0.600. The Morgan fingerprint density at radius 2 is 1.33 bits per heavy atom. The molecule has 0 aliphatic rings. The van der Waals surface area contributed by atoms with Crippen molar-refractivity contribution in [2.24, 2.45) is 0 Å². The van der Waals surface area contributed by atoms with Crippen LogP contribution < -0.4 is 4.70 Å². The van der Waals surface area contributed by atoms with Gasteiger partial charge in [0.15, 0.2) is 0 Å². The molecule has 0 aliphatic carbocycles. The molecule has 0 heterocycles. The van der Waals surface area contributed by atoms with Crippen molar-refractivity contribution in [3.8, 4) is 0 Å². The Morgan fingerprint density at radius 1 is 0.917 bits per heavy atom. The Kier molecular flexibility index (Phi) is 17.3. The van der Waals surface area contributed by atoms with Crippen molar-refractivity contribution in [3.63, 3.8) is 0 Å². The normalized spacial score (nSPS) is 8.83. The van der Waals surface area contributed by atoms with Crippen molar-refractivity contribution in [2.75, 3.05) is 13.2 Å². The van der Waals surface area contributed by atoms with E-state index in [1.165, 1.54) is 12.8 Å². The number of halogens is 1. The van der Waals surface area contributed by atoms with Crippen molar-refractivity contribution < 1.29 is 12.3 Å². The van der Waals surface area contributed by atoms with E-state index in [1.54, 1.807) is 0 Å². The number of hydrogen-bond acceptors (Lipinski definition) is 2. The van der Waals surface area contributed by atoms with E-state index in [4.69, 9.17) is 7.58 Å². The first-order valence-electron chi connectivity index (χ1n) is 4.46. The zero-order valence-electron chi connectivity index (χ0n) is 8.01. The average Bonchev–Trinajstić information content (AvgIpc) is 2.03. The zero-order valence-corrected chi connectivity index (χ0v) is 9.17. The monoisotopic (exact) mass is 192 g/mol. The van der Waals surface area contributed by atoms with Crippen LogP contribution >= 0.6 is 0 Å². The molecule has 4 heteroatoms. The minimum absolute atomic E-state index is 0. The summed E-state index contributed by atoms with van der Waals surface area (Å²) in [6.45, 7) is 6.07. The van der Waals surface area contributed by atoms with Gasteiger partial charge >= 0.3 is 76.2 Å². The van der Waals surface area contributed by atoms with E-state index in [2.05, 4.69) is 13.8 Å². The van der Waals surface area contributed by atoms with Crippen LogP contribution in [0.1, 0.15) is 39.5 Å². The molecule has 0 aromatic rings.